The highest BCUT2D eigenvalue weighted by molar-refractivity contribution is 4.95. The zero-order chi connectivity index (χ0) is 27.4. The van der Waals surface area contributed by atoms with Crippen LogP contribution in [-0.4, -0.2) is 176 Å². The number of rotatable bonds is 10. The van der Waals surface area contributed by atoms with E-state index in [1.807, 2.05) is 0 Å². The van der Waals surface area contributed by atoms with Crippen LogP contribution in [0.3, 0.4) is 0 Å². The van der Waals surface area contributed by atoms with E-state index < -0.39 is 112 Å². The molecule has 0 bridgehead atoms. The minimum absolute atomic E-state index is 0.0411. The first-order chi connectivity index (χ1) is 17.5. The van der Waals surface area contributed by atoms with Crippen molar-refractivity contribution in [3.05, 3.63) is 0 Å². The molecule has 17 heteroatoms. The number of aliphatic hydroxyl groups excluding tert-OH is 10. The molecule has 3 fully saturated rings. The van der Waals surface area contributed by atoms with Crippen LogP contribution in [0.25, 0.3) is 0 Å². The summed E-state index contributed by atoms with van der Waals surface area (Å²) in [6, 6.07) is 0. The van der Waals surface area contributed by atoms with Crippen LogP contribution in [0.15, 0.2) is 0 Å². The normalized spacial score (nSPS) is 49.2. The van der Waals surface area contributed by atoms with Crippen LogP contribution in [-0.2, 0) is 28.4 Å². The van der Waals surface area contributed by atoms with Gasteiger partial charge in [0.1, 0.15) is 73.2 Å². The Hall–Kier alpha value is -0.680. The van der Waals surface area contributed by atoms with Gasteiger partial charge in [-0.2, -0.15) is 0 Å². The maximum Gasteiger partial charge on any atom is 0.187 e. The van der Waals surface area contributed by atoms with Gasteiger partial charge in [0.25, 0.3) is 0 Å². The third-order valence-corrected chi connectivity index (χ3v) is 6.45. The monoisotopic (exact) mass is 547 g/mol. The van der Waals surface area contributed by atoms with E-state index in [-0.39, 0.29) is 13.2 Å². The fraction of sp³-hybridized carbons (Fsp3) is 1.00. The van der Waals surface area contributed by atoms with Crippen molar-refractivity contribution in [1.82, 2.24) is 0 Å². The predicted molar refractivity (Wildman–Crippen MR) is 114 cm³/mol. The number of aliphatic hydroxyl groups is 10. The molecule has 0 radical (unpaired) electrons. The zero-order valence-electron chi connectivity index (χ0n) is 19.7. The summed E-state index contributed by atoms with van der Waals surface area (Å²) >= 11 is 0. The van der Waals surface area contributed by atoms with Gasteiger partial charge in [0.2, 0.25) is 0 Å². The van der Waals surface area contributed by atoms with Crippen LogP contribution in [0.1, 0.15) is 0 Å². The van der Waals surface area contributed by atoms with Crippen LogP contribution in [0.5, 0.6) is 0 Å². The van der Waals surface area contributed by atoms with Crippen molar-refractivity contribution in [2.75, 3.05) is 33.0 Å². The number of nitrogens with two attached hydrogens (primary N) is 1. The first kappa shape index (κ1) is 30.9. The fourth-order valence-corrected chi connectivity index (χ4v) is 4.25. The van der Waals surface area contributed by atoms with Crippen molar-refractivity contribution in [2.45, 2.75) is 92.1 Å². The lowest BCUT2D eigenvalue weighted by molar-refractivity contribution is -0.365. The Balaban J connectivity index is 1.73. The van der Waals surface area contributed by atoms with Crippen molar-refractivity contribution < 1.29 is 79.5 Å². The Bertz CT molecular complexity index is 689. The minimum atomic E-state index is -1.83. The topological polar surface area (TPSA) is 284 Å². The molecule has 15 atom stereocenters. The molecular formula is C20H37NO16. The Morgan fingerprint density at radius 1 is 0.541 bits per heavy atom. The number of hydrogen-bond donors (Lipinski definition) is 11. The summed E-state index contributed by atoms with van der Waals surface area (Å²) in [4.78, 5) is 0. The van der Waals surface area contributed by atoms with Crippen LogP contribution in [0.2, 0.25) is 0 Å². The van der Waals surface area contributed by atoms with Gasteiger partial charge in [-0.3, -0.25) is 0 Å². The SMILES string of the molecule is NCCOC1OC(COC2OC(CO)C(O)C(O)C2O)C(O)C(OC2OC(CO)C(O)C(O)C2O)C1O. The summed E-state index contributed by atoms with van der Waals surface area (Å²) in [7, 11) is 0. The summed E-state index contributed by atoms with van der Waals surface area (Å²) in [6.07, 6.45) is -23.9. The number of ether oxygens (including phenoxy) is 6. The van der Waals surface area contributed by atoms with Crippen molar-refractivity contribution >= 4 is 0 Å². The lowest BCUT2D eigenvalue weighted by Crippen LogP contribution is -2.65. The molecule has 3 saturated heterocycles. The second-order valence-electron chi connectivity index (χ2n) is 9.01. The van der Waals surface area contributed by atoms with Gasteiger partial charge in [-0.1, -0.05) is 0 Å². The van der Waals surface area contributed by atoms with Crippen molar-refractivity contribution in [3.63, 3.8) is 0 Å². The van der Waals surface area contributed by atoms with Gasteiger partial charge in [-0.25, -0.2) is 0 Å². The molecule has 0 saturated carbocycles. The van der Waals surface area contributed by atoms with Gasteiger partial charge in [0, 0.05) is 6.54 Å². The third kappa shape index (κ3) is 6.73. The lowest BCUT2D eigenvalue weighted by atomic mass is 9.96. The van der Waals surface area contributed by atoms with E-state index in [9.17, 15) is 51.1 Å². The molecule has 37 heavy (non-hydrogen) atoms. The Morgan fingerprint density at radius 3 is 1.57 bits per heavy atom. The van der Waals surface area contributed by atoms with E-state index in [4.69, 9.17) is 34.2 Å². The van der Waals surface area contributed by atoms with E-state index >= 15 is 0 Å². The van der Waals surface area contributed by atoms with E-state index in [1.165, 1.54) is 0 Å². The largest absolute Gasteiger partial charge is 0.394 e. The van der Waals surface area contributed by atoms with Crippen LogP contribution < -0.4 is 5.73 Å². The van der Waals surface area contributed by atoms with Crippen molar-refractivity contribution in [3.8, 4) is 0 Å². The molecular weight excluding hydrogens is 510 g/mol. The van der Waals surface area contributed by atoms with Crippen molar-refractivity contribution in [2.24, 2.45) is 5.73 Å². The molecule has 3 rings (SSSR count). The van der Waals surface area contributed by atoms with Crippen LogP contribution in [0, 0.1) is 0 Å². The molecule has 3 heterocycles. The molecule has 218 valence electrons. The van der Waals surface area contributed by atoms with Crippen LogP contribution in [0.4, 0.5) is 0 Å². The fourth-order valence-electron chi connectivity index (χ4n) is 4.25. The molecule has 3 aliphatic rings. The van der Waals surface area contributed by atoms with Gasteiger partial charge in [0.15, 0.2) is 18.9 Å². The van der Waals surface area contributed by atoms with Gasteiger partial charge >= 0.3 is 0 Å². The van der Waals surface area contributed by atoms with Gasteiger partial charge in [-0.05, 0) is 0 Å². The molecule has 0 spiro atoms. The van der Waals surface area contributed by atoms with E-state index in [0.717, 1.165) is 0 Å². The molecule has 17 nitrogen and oxygen atoms in total. The third-order valence-electron chi connectivity index (χ3n) is 6.45. The summed E-state index contributed by atoms with van der Waals surface area (Å²) in [5.41, 5.74) is 5.43. The predicted octanol–water partition coefficient (Wildman–Crippen LogP) is -7.59. The quantitative estimate of drug-likeness (QED) is 0.121. The highest BCUT2D eigenvalue weighted by atomic mass is 16.7. The van der Waals surface area contributed by atoms with E-state index in [0.29, 0.717) is 0 Å². The van der Waals surface area contributed by atoms with Gasteiger partial charge in [-0.15, -0.1) is 0 Å². The Labute approximate surface area is 211 Å². The molecule has 12 N–H and O–H groups in total. The molecule has 0 aromatic heterocycles. The number of hydrogen-bond acceptors (Lipinski definition) is 17. The van der Waals surface area contributed by atoms with Crippen LogP contribution >= 0.6 is 0 Å². The second-order valence-corrected chi connectivity index (χ2v) is 9.01. The molecule has 3 aliphatic heterocycles. The maximum absolute atomic E-state index is 10.9. The molecule has 15 unspecified atom stereocenters. The summed E-state index contributed by atoms with van der Waals surface area (Å²) in [6.45, 7) is -2.01. The lowest BCUT2D eigenvalue weighted by Gasteiger charge is -2.46. The smallest absolute Gasteiger partial charge is 0.187 e. The summed E-state index contributed by atoms with van der Waals surface area (Å²) in [5.74, 6) is 0. The Morgan fingerprint density at radius 2 is 1.03 bits per heavy atom. The summed E-state index contributed by atoms with van der Waals surface area (Å²) < 4.78 is 32.4. The molecule has 0 aromatic carbocycles. The average molecular weight is 548 g/mol. The highest BCUT2D eigenvalue weighted by Gasteiger charge is 2.52. The first-order valence-electron chi connectivity index (χ1n) is 11.8. The molecule has 0 amide bonds. The zero-order valence-corrected chi connectivity index (χ0v) is 19.7. The summed E-state index contributed by atoms with van der Waals surface area (Å²) in [5, 5.41) is 101. The molecule has 0 aromatic rings. The highest BCUT2D eigenvalue weighted by Crippen LogP contribution is 2.30. The second kappa shape index (κ2) is 13.6. The van der Waals surface area contributed by atoms with Gasteiger partial charge < -0.3 is 85.2 Å². The standard InChI is InChI=1S/C20H37NO16/c21-1-2-32-19-16(31)17(37-20-15(30)13(28)10(25)7(4-23)35-20)11(26)8(36-19)5-33-18-14(29)12(27)9(24)6(3-22)34-18/h6-20,22-31H,1-5,21H2. The van der Waals surface area contributed by atoms with E-state index in [2.05, 4.69) is 0 Å². The Kier molecular flexibility index (Phi) is 11.3. The average Bonchev–Trinajstić information content (AvgIpc) is 2.89. The maximum atomic E-state index is 10.9. The minimum Gasteiger partial charge on any atom is -0.394 e. The first-order valence-corrected chi connectivity index (χ1v) is 11.8. The van der Waals surface area contributed by atoms with Crippen molar-refractivity contribution in [1.29, 1.82) is 0 Å². The van der Waals surface area contributed by atoms with Gasteiger partial charge in [0.05, 0.1) is 26.4 Å². The van der Waals surface area contributed by atoms with E-state index in [1.54, 1.807) is 0 Å². The molecule has 0 aliphatic carbocycles.